The fraction of sp³-hybridized carbons (Fsp3) is 0.0588. The van der Waals surface area contributed by atoms with E-state index in [0.29, 0.717) is 5.56 Å². The minimum atomic E-state index is -0.617. The summed E-state index contributed by atoms with van der Waals surface area (Å²) in [5, 5.41) is 11.1. The van der Waals surface area contributed by atoms with Gasteiger partial charge in [0.25, 0.3) is 0 Å². The molecule has 1 aliphatic rings. The molecule has 126 valence electrons. The van der Waals surface area contributed by atoms with Crippen LogP contribution in [0.4, 0.5) is 5.69 Å². The molecule has 0 atom stereocenters. The van der Waals surface area contributed by atoms with Crippen LogP contribution in [-0.4, -0.2) is 23.9 Å². The number of hydrogen-bond acceptors (Lipinski definition) is 6. The number of nitro benzene ring substituents is 1. The number of cyclic esters (lactones) is 1. The number of carbonyl (C=O) groups is 1. The Morgan fingerprint density at radius 1 is 1.28 bits per heavy atom. The molecule has 0 saturated carbocycles. The predicted octanol–water partition coefficient (Wildman–Crippen LogP) is 3.71. The molecule has 1 heterocycles. The van der Waals surface area contributed by atoms with Crippen molar-refractivity contribution in [2.45, 2.75) is 0 Å². The van der Waals surface area contributed by atoms with Gasteiger partial charge >= 0.3 is 11.7 Å². The number of esters is 1. The summed E-state index contributed by atoms with van der Waals surface area (Å²) in [6.07, 6.45) is 1.58. The molecule has 0 bridgehead atoms. The summed E-state index contributed by atoms with van der Waals surface area (Å²) in [5.41, 5.74) is 0.972. The standard InChI is InChI=1S/C17H11BrN2O5/c1-24-15-6-5-11(9-14(15)20(22)23)16-19-13(17(21)25-16)8-10-3-2-4-12(18)7-10/h2-9H,1H3. The van der Waals surface area contributed by atoms with Crippen molar-refractivity contribution in [3.63, 3.8) is 0 Å². The summed E-state index contributed by atoms with van der Waals surface area (Å²) < 4.78 is 11.0. The Balaban J connectivity index is 1.98. The highest BCUT2D eigenvalue weighted by Gasteiger charge is 2.26. The van der Waals surface area contributed by atoms with Gasteiger partial charge in [0.05, 0.1) is 12.0 Å². The number of halogens is 1. The Bertz CT molecular complexity index is 936. The third-order valence-electron chi connectivity index (χ3n) is 3.40. The number of benzene rings is 2. The molecule has 2 aromatic carbocycles. The van der Waals surface area contributed by atoms with Crippen LogP contribution >= 0.6 is 15.9 Å². The molecular formula is C17H11BrN2O5. The highest BCUT2D eigenvalue weighted by atomic mass is 79.9. The Hall–Kier alpha value is -3.00. The molecule has 2 aromatic rings. The number of nitrogens with zero attached hydrogens (tertiary/aromatic N) is 2. The van der Waals surface area contributed by atoms with E-state index in [2.05, 4.69) is 20.9 Å². The average molecular weight is 403 g/mol. The Kier molecular flexibility index (Phi) is 4.62. The second-order valence-electron chi connectivity index (χ2n) is 5.03. The van der Waals surface area contributed by atoms with Gasteiger partial charge in [0.2, 0.25) is 5.90 Å². The van der Waals surface area contributed by atoms with Crippen molar-refractivity contribution < 1.29 is 19.2 Å². The summed E-state index contributed by atoms with van der Waals surface area (Å²) in [6, 6.07) is 11.6. The van der Waals surface area contributed by atoms with Gasteiger partial charge in [0.15, 0.2) is 11.4 Å². The summed E-state index contributed by atoms with van der Waals surface area (Å²) in [4.78, 5) is 26.7. The first-order valence-corrected chi connectivity index (χ1v) is 7.88. The van der Waals surface area contributed by atoms with E-state index in [1.807, 2.05) is 24.3 Å². The maximum Gasteiger partial charge on any atom is 0.363 e. The van der Waals surface area contributed by atoms with Gasteiger partial charge in [0, 0.05) is 16.1 Å². The zero-order valence-corrected chi connectivity index (χ0v) is 14.5. The van der Waals surface area contributed by atoms with E-state index in [4.69, 9.17) is 9.47 Å². The molecule has 7 nitrogen and oxygen atoms in total. The van der Waals surface area contributed by atoms with Gasteiger partial charge in [-0.15, -0.1) is 0 Å². The lowest BCUT2D eigenvalue weighted by molar-refractivity contribution is -0.385. The number of aliphatic imine (C=N–C) groups is 1. The molecule has 0 spiro atoms. The number of rotatable bonds is 4. The zero-order valence-electron chi connectivity index (χ0n) is 12.9. The van der Waals surface area contributed by atoms with Crippen molar-refractivity contribution in [3.8, 4) is 5.75 Å². The van der Waals surface area contributed by atoms with Crippen LogP contribution in [0.15, 0.2) is 57.6 Å². The predicted molar refractivity (Wildman–Crippen MR) is 94.4 cm³/mol. The van der Waals surface area contributed by atoms with Gasteiger partial charge in [-0.2, -0.15) is 0 Å². The third-order valence-corrected chi connectivity index (χ3v) is 3.89. The smallest absolute Gasteiger partial charge is 0.363 e. The maximum atomic E-state index is 12.0. The normalized spacial score (nSPS) is 15.0. The second kappa shape index (κ2) is 6.86. The first kappa shape index (κ1) is 16.8. The largest absolute Gasteiger partial charge is 0.490 e. The van der Waals surface area contributed by atoms with Crippen LogP contribution in [0.5, 0.6) is 5.75 Å². The zero-order chi connectivity index (χ0) is 18.0. The average Bonchev–Trinajstić information content (AvgIpc) is 2.95. The first-order chi connectivity index (χ1) is 12.0. The summed E-state index contributed by atoms with van der Waals surface area (Å²) in [6.45, 7) is 0. The van der Waals surface area contributed by atoms with E-state index in [1.165, 1.54) is 19.2 Å². The van der Waals surface area contributed by atoms with Crippen molar-refractivity contribution in [3.05, 3.63) is 73.9 Å². The molecular weight excluding hydrogens is 392 g/mol. The minimum Gasteiger partial charge on any atom is -0.490 e. The molecule has 0 amide bonds. The number of methoxy groups -OCH3 is 1. The molecule has 0 aliphatic carbocycles. The second-order valence-corrected chi connectivity index (χ2v) is 5.95. The number of nitro groups is 1. The van der Waals surface area contributed by atoms with Crippen LogP contribution in [0.25, 0.3) is 6.08 Å². The summed E-state index contributed by atoms with van der Waals surface area (Å²) >= 11 is 3.35. The van der Waals surface area contributed by atoms with Gasteiger partial charge in [-0.3, -0.25) is 10.1 Å². The summed E-state index contributed by atoms with van der Waals surface area (Å²) in [5.74, 6) is -0.492. The van der Waals surface area contributed by atoms with Crippen LogP contribution in [0.3, 0.4) is 0 Å². The minimum absolute atomic E-state index is 0.0111. The highest BCUT2D eigenvalue weighted by Crippen LogP contribution is 2.29. The molecule has 0 radical (unpaired) electrons. The fourth-order valence-electron chi connectivity index (χ4n) is 2.25. The molecule has 3 rings (SSSR count). The van der Waals surface area contributed by atoms with Gasteiger partial charge in [0.1, 0.15) is 0 Å². The van der Waals surface area contributed by atoms with E-state index < -0.39 is 10.9 Å². The van der Waals surface area contributed by atoms with Crippen molar-refractivity contribution in [2.24, 2.45) is 4.99 Å². The monoisotopic (exact) mass is 402 g/mol. The van der Waals surface area contributed by atoms with Crippen LogP contribution in [-0.2, 0) is 9.53 Å². The van der Waals surface area contributed by atoms with Crippen LogP contribution < -0.4 is 4.74 Å². The maximum absolute atomic E-state index is 12.0. The third kappa shape index (κ3) is 3.58. The van der Waals surface area contributed by atoms with E-state index in [-0.39, 0.29) is 23.0 Å². The molecule has 8 heteroatoms. The lowest BCUT2D eigenvalue weighted by atomic mass is 10.2. The molecule has 0 aromatic heterocycles. The van der Waals surface area contributed by atoms with E-state index in [0.717, 1.165) is 10.0 Å². The lowest BCUT2D eigenvalue weighted by Crippen LogP contribution is -2.06. The van der Waals surface area contributed by atoms with Crippen LogP contribution in [0.2, 0.25) is 0 Å². The van der Waals surface area contributed by atoms with E-state index in [9.17, 15) is 14.9 Å². The molecule has 25 heavy (non-hydrogen) atoms. The molecule has 0 N–H and O–H groups in total. The van der Waals surface area contributed by atoms with Gasteiger partial charge in [-0.05, 0) is 35.9 Å². The number of hydrogen-bond donors (Lipinski definition) is 0. The van der Waals surface area contributed by atoms with Crippen LogP contribution in [0, 0.1) is 10.1 Å². The van der Waals surface area contributed by atoms with Crippen molar-refractivity contribution in [1.82, 2.24) is 0 Å². The Morgan fingerprint density at radius 2 is 2.08 bits per heavy atom. The molecule has 0 fully saturated rings. The van der Waals surface area contributed by atoms with Crippen LogP contribution in [0.1, 0.15) is 11.1 Å². The quantitative estimate of drug-likeness (QED) is 0.336. The summed E-state index contributed by atoms with van der Waals surface area (Å²) in [7, 11) is 1.34. The molecule has 1 aliphatic heterocycles. The van der Waals surface area contributed by atoms with E-state index in [1.54, 1.807) is 12.1 Å². The van der Waals surface area contributed by atoms with E-state index >= 15 is 0 Å². The Labute approximate surface area is 150 Å². The topological polar surface area (TPSA) is 91.0 Å². The van der Waals surface area contributed by atoms with Crippen molar-refractivity contribution in [2.75, 3.05) is 7.11 Å². The molecule has 0 unspecified atom stereocenters. The SMILES string of the molecule is COc1ccc(C2=NC(=Cc3cccc(Br)c3)C(=O)O2)cc1[N+](=O)[O-]. The molecule has 0 saturated heterocycles. The Morgan fingerprint density at radius 3 is 2.76 bits per heavy atom. The van der Waals surface area contributed by atoms with Gasteiger partial charge < -0.3 is 9.47 Å². The van der Waals surface area contributed by atoms with Gasteiger partial charge in [-0.25, -0.2) is 9.79 Å². The lowest BCUT2D eigenvalue weighted by Gasteiger charge is -2.03. The highest BCUT2D eigenvalue weighted by molar-refractivity contribution is 9.10. The number of ether oxygens (including phenoxy) is 2. The van der Waals surface area contributed by atoms with Crippen molar-refractivity contribution in [1.29, 1.82) is 0 Å². The van der Waals surface area contributed by atoms with Crippen molar-refractivity contribution >= 4 is 39.6 Å². The fourth-order valence-corrected chi connectivity index (χ4v) is 2.67. The van der Waals surface area contributed by atoms with Gasteiger partial charge in [-0.1, -0.05) is 28.1 Å². The first-order valence-electron chi connectivity index (χ1n) is 7.09. The number of carbonyl (C=O) groups excluding carboxylic acids is 1.